The minimum atomic E-state index is 0. The van der Waals surface area contributed by atoms with E-state index in [9.17, 15) is 0 Å². The van der Waals surface area contributed by atoms with Crippen molar-refractivity contribution in [2.75, 3.05) is 19.6 Å². The molecule has 1 nitrogen and oxygen atoms in total. The molecule has 22 heavy (non-hydrogen) atoms. The maximum atomic E-state index is 2.62. The third-order valence-corrected chi connectivity index (χ3v) is 4.60. The van der Waals surface area contributed by atoms with Crippen LogP contribution >= 0.6 is 12.4 Å². The number of nitrogens with zero attached hydrogens (tertiary/aromatic N) is 1. The number of hydrogen-bond donors (Lipinski definition) is 0. The molecule has 0 heterocycles. The van der Waals surface area contributed by atoms with Gasteiger partial charge in [-0.3, -0.25) is 0 Å². The van der Waals surface area contributed by atoms with Gasteiger partial charge in [-0.15, -0.1) is 12.4 Å². The summed E-state index contributed by atoms with van der Waals surface area (Å²) in [6.07, 6.45) is 20.1. The van der Waals surface area contributed by atoms with Crippen LogP contribution in [0.5, 0.6) is 0 Å². The van der Waals surface area contributed by atoms with Crippen LogP contribution in [0.1, 0.15) is 111 Å². The van der Waals surface area contributed by atoms with Gasteiger partial charge in [0.15, 0.2) is 0 Å². The monoisotopic (exact) mass is 333 g/mol. The summed E-state index contributed by atoms with van der Waals surface area (Å²) in [7, 11) is 0. The van der Waals surface area contributed by atoms with Crippen molar-refractivity contribution < 1.29 is 0 Å². The molecule has 0 radical (unpaired) electrons. The van der Waals surface area contributed by atoms with Gasteiger partial charge in [-0.25, -0.2) is 0 Å². The van der Waals surface area contributed by atoms with Gasteiger partial charge in [0.2, 0.25) is 0 Å². The van der Waals surface area contributed by atoms with Crippen LogP contribution < -0.4 is 0 Å². The van der Waals surface area contributed by atoms with Crippen LogP contribution in [0.15, 0.2) is 0 Å². The van der Waals surface area contributed by atoms with E-state index < -0.39 is 0 Å². The lowest BCUT2D eigenvalue weighted by Crippen LogP contribution is -2.25. The fraction of sp³-hybridized carbons (Fsp3) is 1.00. The summed E-state index contributed by atoms with van der Waals surface area (Å²) in [4.78, 5) is 2.62. The number of unbranched alkanes of at least 4 members (excludes halogenated alkanes) is 12. The normalized spacial score (nSPS) is 10.9. The molecule has 0 fully saturated rings. The van der Waals surface area contributed by atoms with Gasteiger partial charge in [-0.05, 0) is 32.5 Å². The smallest absolute Gasteiger partial charge is 0.00189 e. The summed E-state index contributed by atoms with van der Waals surface area (Å²) >= 11 is 0. The predicted octanol–water partition coefficient (Wildman–Crippen LogP) is 7.23. The second-order valence-electron chi connectivity index (χ2n) is 6.68. The Morgan fingerprint density at radius 2 is 0.818 bits per heavy atom. The first-order valence-electron chi connectivity index (χ1n) is 10.1. The summed E-state index contributed by atoms with van der Waals surface area (Å²) in [6, 6.07) is 0. The van der Waals surface area contributed by atoms with Gasteiger partial charge in [0.1, 0.15) is 0 Å². The molecule has 0 amide bonds. The molecule has 0 aromatic heterocycles. The first kappa shape index (κ1) is 24.5. The molecule has 2 heteroatoms. The average Bonchev–Trinajstić information content (AvgIpc) is 2.51. The molecule has 0 saturated carbocycles. The van der Waals surface area contributed by atoms with E-state index in [4.69, 9.17) is 0 Å². The maximum absolute atomic E-state index is 2.62. The van der Waals surface area contributed by atoms with Gasteiger partial charge in [0.25, 0.3) is 0 Å². The molecular weight excluding hydrogens is 290 g/mol. The lowest BCUT2D eigenvalue weighted by Gasteiger charge is -2.19. The zero-order chi connectivity index (χ0) is 15.6. The van der Waals surface area contributed by atoms with Gasteiger partial charge >= 0.3 is 0 Å². The lowest BCUT2D eigenvalue weighted by molar-refractivity contribution is 0.276. The topological polar surface area (TPSA) is 3.24 Å². The number of rotatable bonds is 17. The molecular formula is C20H44ClN. The van der Waals surface area contributed by atoms with Crippen molar-refractivity contribution in [2.24, 2.45) is 0 Å². The van der Waals surface area contributed by atoms with Crippen LogP contribution in [-0.2, 0) is 0 Å². The van der Waals surface area contributed by atoms with Crippen LogP contribution in [0.4, 0.5) is 0 Å². The van der Waals surface area contributed by atoms with E-state index in [1.54, 1.807) is 0 Å². The number of hydrogen-bond acceptors (Lipinski definition) is 1. The lowest BCUT2D eigenvalue weighted by atomic mass is 10.1. The fourth-order valence-corrected chi connectivity index (χ4v) is 2.99. The largest absolute Gasteiger partial charge is 0.304 e. The van der Waals surface area contributed by atoms with E-state index in [2.05, 4.69) is 25.7 Å². The fourth-order valence-electron chi connectivity index (χ4n) is 2.99. The van der Waals surface area contributed by atoms with Crippen molar-refractivity contribution in [3.63, 3.8) is 0 Å². The third kappa shape index (κ3) is 18.3. The molecule has 0 unspecified atom stereocenters. The van der Waals surface area contributed by atoms with Gasteiger partial charge in [-0.2, -0.15) is 0 Å². The Hall–Kier alpha value is 0.250. The molecule has 0 atom stereocenters. The van der Waals surface area contributed by atoms with Crippen LogP contribution in [0.25, 0.3) is 0 Å². The molecule has 0 aliphatic rings. The molecule has 0 saturated heterocycles. The van der Waals surface area contributed by atoms with Crippen LogP contribution in [-0.4, -0.2) is 24.5 Å². The highest BCUT2D eigenvalue weighted by molar-refractivity contribution is 5.85. The Kier molecular flexibility index (Phi) is 23.7. The van der Waals surface area contributed by atoms with Crippen LogP contribution in [0, 0.1) is 0 Å². The highest BCUT2D eigenvalue weighted by Crippen LogP contribution is 2.12. The van der Waals surface area contributed by atoms with E-state index in [0.717, 1.165) is 0 Å². The highest BCUT2D eigenvalue weighted by atomic mass is 35.5. The zero-order valence-electron chi connectivity index (χ0n) is 15.9. The van der Waals surface area contributed by atoms with Crippen molar-refractivity contribution in [3.8, 4) is 0 Å². The van der Waals surface area contributed by atoms with Crippen molar-refractivity contribution >= 4 is 12.4 Å². The predicted molar refractivity (Wildman–Crippen MR) is 105 cm³/mol. The minimum absolute atomic E-state index is 0. The molecule has 0 N–H and O–H groups in total. The van der Waals surface area contributed by atoms with Crippen molar-refractivity contribution in [1.82, 2.24) is 4.90 Å². The summed E-state index contributed by atoms with van der Waals surface area (Å²) in [5.74, 6) is 0. The Morgan fingerprint density at radius 1 is 0.455 bits per heavy atom. The van der Waals surface area contributed by atoms with Crippen molar-refractivity contribution in [3.05, 3.63) is 0 Å². The Balaban J connectivity index is 0. The van der Waals surface area contributed by atoms with E-state index in [1.807, 2.05) is 0 Å². The maximum Gasteiger partial charge on any atom is -0.00189 e. The van der Waals surface area contributed by atoms with E-state index in [1.165, 1.54) is 110 Å². The SMILES string of the molecule is CCCCCCCCCCCCCCN(CC)CCCC.Cl. The Bertz CT molecular complexity index is 185. The third-order valence-electron chi connectivity index (χ3n) is 4.60. The van der Waals surface area contributed by atoms with Crippen molar-refractivity contribution in [1.29, 1.82) is 0 Å². The molecule has 0 bridgehead atoms. The van der Waals surface area contributed by atoms with Gasteiger partial charge in [-0.1, -0.05) is 97.8 Å². The van der Waals surface area contributed by atoms with E-state index >= 15 is 0 Å². The molecule has 0 aromatic carbocycles. The van der Waals surface area contributed by atoms with Crippen molar-refractivity contribution in [2.45, 2.75) is 111 Å². The molecule has 0 rings (SSSR count). The van der Waals surface area contributed by atoms with E-state index in [0.29, 0.717) is 0 Å². The second-order valence-corrected chi connectivity index (χ2v) is 6.68. The first-order chi connectivity index (χ1) is 10.3. The number of halogens is 1. The summed E-state index contributed by atoms with van der Waals surface area (Å²) in [5.41, 5.74) is 0. The van der Waals surface area contributed by atoms with Crippen LogP contribution in [0.3, 0.4) is 0 Å². The standard InChI is InChI=1S/C20H43N.ClH/c1-4-7-9-10-11-12-13-14-15-16-17-18-20-21(6-3)19-8-5-2;/h4-20H2,1-3H3;1H. The quantitative estimate of drug-likeness (QED) is 0.254. The molecule has 0 spiro atoms. The first-order valence-corrected chi connectivity index (χ1v) is 10.1. The summed E-state index contributed by atoms with van der Waals surface area (Å²) in [6.45, 7) is 10.8. The summed E-state index contributed by atoms with van der Waals surface area (Å²) < 4.78 is 0. The van der Waals surface area contributed by atoms with Gasteiger partial charge in [0.05, 0.1) is 0 Å². The van der Waals surface area contributed by atoms with Gasteiger partial charge < -0.3 is 4.90 Å². The molecule has 0 aliphatic carbocycles. The molecule has 136 valence electrons. The Morgan fingerprint density at radius 3 is 1.23 bits per heavy atom. The van der Waals surface area contributed by atoms with Crippen LogP contribution in [0.2, 0.25) is 0 Å². The van der Waals surface area contributed by atoms with E-state index in [-0.39, 0.29) is 12.4 Å². The van der Waals surface area contributed by atoms with Gasteiger partial charge in [0, 0.05) is 0 Å². The zero-order valence-corrected chi connectivity index (χ0v) is 16.7. The average molecular weight is 334 g/mol. The Labute approximate surface area is 148 Å². The minimum Gasteiger partial charge on any atom is -0.304 e. The molecule has 0 aromatic rings. The summed E-state index contributed by atoms with van der Waals surface area (Å²) in [5, 5.41) is 0. The highest BCUT2D eigenvalue weighted by Gasteiger charge is 2.00. The molecule has 0 aliphatic heterocycles. The second kappa shape index (κ2) is 21.2.